The maximum atomic E-state index is 10.6. The van der Waals surface area contributed by atoms with Crippen LogP contribution < -0.4 is 5.50 Å². The summed E-state index contributed by atoms with van der Waals surface area (Å²) in [6.07, 6.45) is 0. The molecule has 50 valence electrons. The maximum Gasteiger partial charge on any atom is 0.324 e. The van der Waals surface area contributed by atoms with Crippen molar-refractivity contribution in [1.82, 2.24) is 0 Å². The van der Waals surface area contributed by atoms with Crippen LogP contribution in [0.2, 0.25) is 0 Å². The van der Waals surface area contributed by atoms with Crippen LogP contribution in [0.1, 0.15) is 0 Å². The van der Waals surface area contributed by atoms with Crippen molar-refractivity contribution in [1.29, 1.82) is 0 Å². The highest BCUT2D eigenvalue weighted by Gasteiger charge is 2.12. The van der Waals surface area contributed by atoms with Crippen molar-refractivity contribution in [2.24, 2.45) is 5.50 Å². The predicted octanol–water partition coefficient (Wildman–Crippen LogP) is 1.63. The Labute approximate surface area is 57.2 Å². The molecule has 0 fully saturated rings. The van der Waals surface area contributed by atoms with Crippen molar-refractivity contribution in [3.63, 3.8) is 0 Å². The van der Waals surface area contributed by atoms with E-state index >= 15 is 0 Å². The molecule has 0 amide bonds. The summed E-state index contributed by atoms with van der Waals surface area (Å²) >= 11 is 6.11. The van der Waals surface area contributed by atoms with Gasteiger partial charge in [0, 0.05) is 7.11 Å². The number of rotatable bonds is 3. The fourth-order valence-corrected chi connectivity index (χ4v) is 2.31. The van der Waals surface area contributed by atoms with E-state index in [1.807, 2.05) is 0 Å². The van der Waals surface area contributed by atoms with Gasteiger partial charge in [0.25, 0.3) is 0 Å². The molecule has 0 rings (SSSR count). The van der Waals surface area contributed by atoms with E-state index in [0.29, 0.717) is 0 Å². The molecule has 0 aliphatic rings. The van der Waals surface area contributed by atoms with Gasteiger partial charge in [-0.15, -0.1) is 11.6 Å². The Balaban J connectivity index is 3.55. The van der Waals surface area contributed by atoms with Gasteiger partial charge in [0.1, 0.15) is 0 Å². The smallest absolute Gasteiger partial charge is 0.313 e. The summed E-state index contributed by atoms with van der Waals surface area (Å²) < 4.78 is 15.0. The number of halogens is 1. The summed E-state index contributed by atoms with van der Waals surface area (Å²) in [5.74, 6) is 0. The molecule has 8 heavy (non-hydrogen) atoms. The molecule has 0 aromatic carbocycles. The van der Waals surface area contributed by atoms with E-state index in [0.717, 1.165) is 11.4 Å². The summed E-state index contributed by atoms with van der Waals surface area (Å²) in [5.41, 5.74) is 5.04. The standard InChI is InChI=1S/C2H7ClNO2PS/c1-6-7(4,5)8-2-3/h2H2,1H3,(H2,4,5). The first-order chi connectivity index (χ1) is 3.62. The molecule has 0 saturated heterocycles. The van der Waals surface area contributed by atoms with Crippen LogP contribution >= 0.6 is 29.7 Å². The van der Waals surface area contributed by atoms with Crippen molar-refractivity contribution in [2.45, 2.75) is 0 Å². The minimum atomic E-state index is -2.89. The molecule has 0 aromatic rings. The summed E-state index contributed by atoms with van der Waals surface area (Å²) in [6, 6.07) is 0. The van der Waals surface area contributed by atoms with Crippen molar-refractivity contribution < 1.29 is 9.09 Å². The molecule has 0 aliphatic heterocycles. The number of hydrogen-bond acceptors (Lipinski definition) is 3. The Morgan fingerprint density at radius 3 is 2.62 bits per heavy atom. The van der Waals surface area contributed by atoms with Gasteiger partial charge >= 0.3 is 6.72 Å². The topological polar surface area (TPSA) is 52.3 Å². The second-order valence-corrected chi connectivity index (χ2v) is 5.84. The maximum absolute atomic E-state index is 10.6. The van der Waals surface area contributed by atoms with E-state index in [9.17, 15) is 4.57 Å². The highest BCUT2D eigenvalue weighted by Crippen LogP contribution is 2.51. The van der Waals surface area contributed by atoms with Gasteiger partial charge in [0.2, 0.25) is 0 Å². The Morgan fingerprint density at radius 2 is 2.50 bits per heavy atom. The predicted molar refractivity (Wildman–Crippen MR) is 37.1 cm³/mol. The van der Waals surface area contributed by atoms with E-state index in [4.69, 9.17) is 17.1 Å². The van der Waals surface area contributed by atoms with E-state index in [2.05, 4.69) is 4.52 Å². The molecular weight excluding hydrogens is 169 g/mol. The lowest BCUT2D eigenvalue weighted by molar-refractivity contribution is 0.410. The first kappa shape index (κ1) is 8.79. The van der Waals surface area contributed by atoms with E-state index in [1.165, 1.54) is 7.11 Å². The Bertz CT molecular complexity index is 110. The van der Waals surface area contributed by atoms with Crippen LogP contribution in [-0.2, 0) is 9.09 Å². The average molecular weight is 176 g/mol. The average Bonchev–Trinajstić information content (AvgIpc) is 1.67. The molecule has 0 heterocycles. The van der Waals surface area contributed by atoms with Gasteiger partial charge in [0.05, 0.1) is 5.21 Å². The molecule has 0 aliphatic carbocycles. The number of hydrogen-bond donors (Lipinski definition) is 1. The molecule has 1 unspecified atom stereocenters. The molecule has 2 N–H and O–H groups in total. The van der Waals surface area contributed by atoms with Crippen molar-refractivity contribution in [3.8, 4) is 0 Å². The van der Waals surface area contributed by atoms with Gasteiger partial charge < -0.3 is 4.52 Å². The number of nitrogens with two attached hydrogens (primary N) is 1. The normalized spacial score (nSPS) is 17.9. The Hall–Kier alpha value is 0.790. The quantitative estimate of drug-likeness (QED) is 0.523. The lowest BCUT2D eigenvalue weighted by Gasteiger charge is -2.04. The zero-order chi connectivity index (χ0) is 6.62. The molecule has 0 spiro atoms. The van der Waals surface area contributed by atoms with Crippen molar-refractivity contribution in [2.75, 3.05) is 12.3 Å². The molecule has 0 saturated carbocycles. The van der Waals surface area contributed by atoms with Crippen LogP contribution in [0, 0.1) is 0 Å². The number of alkyl halides is 1. The van der Waals surface area contributed by atoms with Gasteiger partial charge in [-0.2, -0.15) is 0 Å². The third kappa shape index (κ3) is 3.75. The Kier molecular flexibility index (Phi) is 4.12. The minimum Gasteiger partial charge on any atom is -0.313 e. The van der Waals surface area contributed by atoms with Crippen molar-refractivity contribution >= 4 is 29.7 Å². The van der Waals surface area contributed by atoms with Gasteiger partial charge in [-0.3, -0.25) is 10.1 Å². The molecular formula is C2H7ClNO2PS. The van der Waals surface area contributed by atoms with Crippen LogP contribution in [0.4, 0.5) is 0 Å². The first-order valence-electron chi connectivity index (χ1n) is 1.77. The van der Waals surface area contributed by atoms with Crippen molar-refractivity contribution in [3.05, 3.63) is 0 Å². The Morgan fingerprint density at radius 1 is 2.00 bits per heavy atom. The van der Waals surface area contributed by atoms with Gasteiger partial charge in [-0.25, -0.2) is 0 Å². The minimum absolute atomic E-state index is 0.196. The molecule has 0 aromatic heterocycles. The third-order valence-corrected chi connectivity index (χ3v) is 4.15. The summed E-state index contributed by atoms with van der Waals surface area (Å²) in [4.78, 5) is 0. The monoisotopic (exact) mass is 175 g/mol. The first-order valence-corrected chi connectivity index (χ1v) is 5.59. The van der Waals surface area contributed by atoms with Gasteiger partial charge in [-0.1, -0.05) is 0 Å². The second kappa shape index (κ2) is 3.75. The van der Waals surface area contributed by atoms with E-state index < -0.39 is 6.72 Å². The highest BCUT2D eigenvalue weighted by atomic mass is 35.5. The summed E-state index contributed by atoms with van der Waals surface area (Å²) in [7, 11) is 1.29. The lowest BCUT2D eigenvalue weighted by Crippen LogP contribution is -1.90. The largest absolute Gasteiger partial charge is 0.324 e. The third-order valence-electron chi connectivity index (χ3n) is 0.483. The van der Waals surface area contributed by atoms with Crippen LogP contribution in [0.3, 0.4) is 0 Å². The SMILES string of the molecule is COP(N)(=O)SCCl. The molecule has 6 heteroatoms. The zero-order valence-corrected chi connectivity index (χ0v) is 6.80. The molecule has 0 bridgehead atoms. The molecule has 0 radical (unpaired) electrons. The fourth-order valence-electron chi connectivity index (χ4n) is 0.121. The van der Waals surface area contributed by atoms with Gasteiger partial charge in [-0.05, 0) is 11.4 Å². The van der Waals surface area contributed by atoms with E-state index in [1.54, 1.807) is 0 Å². The van der Waals surface area contributed by atoms with Crippen LogP contribution in [0.25, 0.3) is 0 Å². The highest BCUT2D eigenvalue weighted by molar-refractivity contribution is 8.56. The zero-order valence-electron chi connectivity index (χ0n) is 4.33. The second-order valence-electron chi connectivity index (χ2n) is 0.961. The van der Waals surface area contributed by atoms with Crippen LogP contribution in [-0.4, -0.2) is 12.3 Å². The lowest BCUT2D eigenvalue weighted by atomic mass is 11.8. The summed E-state index contributed by atoms with van der Waals surface area (Å²) in [6.45, 7) is -2.89. The molecule has 1 atom stereocenters. The summed E-state index contributed by atoms with van der Waals surface area (Å²) in [5, 5.41) is 0.196. The van der Waals surface area contributed by atoms with Crippen LogP contribution in [0.5, 0.6) is 0 Å². The van der Waals surface area contributed by atoms with E-state index in [-0.39, 0.29) is 5.21 Å². The molecule has 3 nitrogen and oxygen atoms in total. The van der Waals surface area contributed by atoms with Gasteiger partial charge in [0.15, 0.2) is 0 Å². The van der Waals surface area contributed by atoms with Crippen LogP contribution in [0.15, 0.2) is 0 Å². The fraction of sp³-hybridized carbons (Fsp3) is 1.00.